The van der Waals surface area contributed by atoms with E-state index in [0.29, 0.717) is 6.54 Å². The van der Waals surface area contributed by atoms with Crippen LogP contribution in [0.15, 0.2) is 23.0 Å². The Balaban J connectivity index is 1.95. The lowest BCUT2D eigenvalue weighted by Gasteiger charge is -2.12. The van der Waals surface area contributed by atoms with Crippen molar-refractivity contribution in [2.75, 3.05) is 6.54 Å². The zero-order chi connectivity index (χ0) is 13.9. The van der Waals surface area contributed by atoms with Crippen molar-refractivity contribution in [3.8, 4) is 0 Å². The average molecular weight is 304 g/mol. The van der Waals surface area contributed by atoms with Crippen LogP contribution in [0.1, 0.15) is 32.1 Å². The summed E-state index contributed by atoms with van der Waals surface area (Å²) < 4.78 is 28.1. The van der Waals surface area contributed by atoms with Gasteiger partial charge >= 0.3 is 0 Å². The van der Waals surface area contributed by atoms with Crippen LogP contribution in [0, 0.1) is 0 Å². The number of allylic oxidation sites excluding steroid dienone is 1. The predicted octanol–water partition coefficient (Wildman–Crippen LogP) is 2.24. The van der Waals surface area contributed by atoms with Crippen molar-refractivity contribution < 1.29 is 8.42 Å². The highest BCUT2D eigenvalue weighted by Crippen LogP contribution is 2.21. The van der Waals surface area contributed by atoms with Gasteiger partial charge in [0.05, 0.1) is 6.33 Å². The standard InChI is InChI=1S/C12H18ClN3O2S/c1-16-9-14-12(11(16)13)19(17,18)15-8-7-10-5-3-2-4-6-10/h5,9,15H,2-4,6-8H2,1H3. The lowest BCUT2D eigenvalue weighted by molar-refractivity contribution is 0.576. The quantitative estimate of drug-likeness (QED) is 0.849. The summed E-state index contributed by atoms with van der Waals surface area (Å²) in [5.41, 5.74) is 1.33. The first kappa shape index (κ1) is 14.6. The third-order valence-electron chi connectivity index (χ3n) is 3.21. The van der Waals surface area contributed by atoms with Crippen molar-refractivity contribution in [3.63, 3.8) is 0 Å². The van der Waals surface area contributed by atoms with Crippen LogP contribution in [0.25, 0.3) is 0 Å². The van der Waals surface area contributed by atoms with E-state index in [0.717, 1.165) is 19.3 Å². The minimum atomic E-state index is -3.61. The van der Waals surface area contributed by atoms with Crippen molar-refractivity contribution in [1.29, 1.82) is 0 Å². The van der Waals surface area contributed by atoms with Crippen molar-refractivity contribution in [3.05, 3.63) is 23.1 Å². The van der Waals surface area contributed by atoms with Gasteiger partial charge in [-0.2, -0.15) is 0 Å². The fourth-order valence-corrected chi connectivity index (χ4v) is 3.58. The third kappa shape index (κ3) is 3.58. The molecule has 19 heavy (non-hydrogen) atoms. The van der Waals surface area contributed by atoms with Crippen LogP contribution in [-0.2, 0) is 17.1 Å². The molecule has 0 spiro atoms. The van der Waals surface area contributed by atoms with Crippen LogP contribution in [0.5, 0.6) is 0 Å². The second-order valence-corrected chi connectivity index (χ2v) is 6.75. The summed E-state index contributed by atoms with van der Waals surface area (Å²) in [5, 5.41) is 0.0265. The highest BCUT2D eigenvalue weighted by molar-refractivity contribution is 7.89. The van der Waals surface area contributed by atoms with E-state index < -0.39 is 10.0 Å². The topological polar surface area (TPSA) is 64.0 Å². The Morgan fingerprint density at radius 1 is 1.47 bits per heavy atom. The second-order valence-electron chi connectivity index (χ2n) is 4.71. The zero-order valence-electron chi connectivity index (χ0n) is 10.9. The van der Waals surface area contributed by atoms with E-state index in [9.17, 15) is 8.42 Å². The smallest absolute Gasteiger partial charge is 0.261 e. The van der Waals surface area contributed by atoms with E-state index >= 15 is 0 Å². The van der Waals surface area contributed by atoms with Crippen LogP contribution in [-0.4, -0.2) is 24.5 Å². The van der Waals surface area contributed by atoms with Gasteiger partial charge in [-0.1, -0.05) is 23.3 Å². The molecule has 1 aromatic heterocycles. The molecular weight excluding hydrogens is 286 g/mol. The number of aryl methyl sites for hydroxylation is 1. The van der Waals surface area contributed by atoms with Crippen molar-refractivity contribution >= 4 is 21.6 Å². The number of hydrogen-bond acceptors (Lipinski definition) is 3. The lowest BCUT2D eigenvalue weighted by Crippen LogP contribution is -2.26. The maximum absolute atomic E-state index is 12.0. The molecule has 0 aliphatic heterocycles. The molecule has 0 fully saturated rings. The summed E-state index contributed by atoms with van der Waals surface area (Å²) in [6, 6.07) is 0. The number of rotatable bonds is 5. The van der Waals surface area contributed by atoms with Crippen LogP contribution >= 0.6 is 11.6 Å². The average Bonchev–Trinajstić information content (AvgIpc) is 2.72. The van der Waals surface area contributed by atoms with Gasteiger partial charge in [0.1, 0.15) is 5.15 Å². The SMILES string of the molecule is Cn1cnc(S(=O)(=O)NCCC2=CCCCC2)c1Cl. The Morgan fingerprint density at radius 2 is 2.26 bits per heavy atom. The number of imidazole rings is 1. The first-order chi connectivity index (χ1) is 9.00. The van der Waals surface area contributed by atoms with Gasteiger partial charge in [0.2, 0.25) is 5.03 Å². The lowest BCUT2D eigenvalue weighted by atomic mass is 9.97. The molecule has 2 rings (SSSR count). The molecule has 1 aliphatic rings. The van der Waals surface area contributed by atoms with Gasteiger partial charge < -0.3 is 4.57 Å². The van der Waals surface area contributed by atoms with Crippen LogP contribution in [0.3, 0.4) is 0 Å². The molecule has 1 N–H and O–H groups in total. The number of nitrogens with zero attached hydrogens (tertiary/aromatic N) is 2. The summed E-state index contributed by atoms with van der Waals surface area (Å²) in [6.07, 6.45) is 8.97. The number of aromatic nitrogens is 2. The van der Waals surface area contributed by atoms with E-state index in [4.69, 9.17) is 11.6 Å². The minimum absolute atomic E-state index is 0.103. The van der Waals surface area contributed by atoms with Gasteiger partial charge in [-0.15, -0.1) is 0 Å². The fraction of sp³-hybridized carbons (Fsp3) is 0.583. The van der Waals surface area contributed by atoms with E-state index in [1.165, 1.54) is 29.3 Å². The number of halogens is 1. The Bertz CT molecular complexity index is 578. The molecule has 106 valence electrons. The maximum Gasteiger partial charge on any atom is 0.261 e. The largest absolute Gasteiger partial charge is 0.324 e. The van der Waals surface area contributed by atoms with Crippen LogP contribution in [0.2, 0.25) is 5.15 Å². The van der Waals surface area contributed by atoms with Crippen LogP contribution < -0.4 is 4.72 Å². The van der Waals surface area contributed by atoms with E-state index in [-0.39, 0.29) is 10.2 Å². The molecule has 1 aliphatic carbocycles. The minimum Gasteiger partial charge on any atom is -0.324 e. The molecule has 0 radical (unpaired) electrons. The van der Waals surface area contributed by atoms with Gasteiger partial charge in [-0.3, -0.25) is 0 Å². The molecule has 0 amide bonds. The Kier molecular flexibility index (Phi) is 4.65. The molecule has 1 heterocycles. The maximum atomic E-state index is 12.0. The molecule has 0 aromatic carbocycles. The summed E-state index contributed by atoms with van der Waals surface area (Å²) in [6.45, 7) is 0.390. The molecule has 0 saturated carbocycles. The summed E-state index contributed by atoms with van der Waals surface area (Å²) in [7, 11) is -1.96. The van der Waals surface area contributed by atoms with E-state index in [1.807, 2.05) is 0 Å². The highest BCUT2D eigenvalue weighted by atomic mass is 35.5. The third-order valence-corrected chi connectivity index (χ3v) is 5.16. The van der Waals surface area contributed by atoms with Gasteiger partial charge in [0, 0.05) is 13.6 Å². The monoisotopic (exact) mass is 303 g/mol. The van der Waals surface area contributed by atoms with Gasteiger partial charge in [-0.05, 0) is 32.1 Å². The van der Waals surface area contributed by atoms with E-state index in [2.05, 4.69) is 15.8 Å². The zero-order valence-corrected chi connectivity index (χ0v) is 12.5. The predicted molar refractivity (Wildman–Crippen MR) is 74.6 cm³/mol. The molecule has 0 bridgehead atoms. The molecule has 1 aromatic rings. The number of hydrogen-bond donors (Lipinski definition) is 1. The first-order valence-corrected chi connectivity index (χ1v) is 8.21. The summed E-state index contributed by atoms with van der Waals surface area (Å²) in [5.74, 6) is 0. The van der Waals surface area contributed by atoms with Gasteiger partial charge in [0.25, 0.3) is 10.0 Å². The fourth-order valence-electron chi connectivity index (χ4n) is 2.12. The van der Waals surface area contributed by atoms with E-state index in [1.54, 1.807) is 7.05 Å². The van der Waals surface area contributed by atoms with Crippen molar-refractivity contribution in [2.45, 2.75) is 37.1 Å². The highest BCUT2D eigenvalue weighted by Gasteiger charge is 2.21. The number of nitrogens with one attached hydrogen (secondary N) is 1. The van der Waals surface area contributed by atoms with Gasteiger partial charge in [0.15, 0.2) is 0 Å². The Hall–Kier alpha value is -0.850. The normalized spacial score (nSPS) is 16.4. The van der Waals surface area contributed by atoms with Crippen LogP contribution in [0.4, 0.5) is 0 Å². The van der Waals surface area contributed by atoms with Crippen molar-refractivity contribution in [1.82, 2.24) is 14.3 Å². The van der Waals surface area contributed by atoms with Gasteiger partial charge in [-0.25, -0.2) is 18.1 Å². The Morgan fingerprint density at radius 3 is 2.84 bits per heavy atom. The molecule has 7 heteroatoms. The van der Waals surface area contributed by atoms with Crippen molar-refractivity contribution in [2.24, 2.45) is 7.05 Å². The Labute approximate surface area is 118 Å². The summed E-state index contributed by atoms with van der Waals surface area (Å²) in [4.78, 5) is 3.82. The second kappa shape index (κ2) is 6.07. The molecule has 0 unspecified atom stereocenters. The molecule has 5 nitrogen and oxygen atoms in total. The summed E-state index contributed by atoms with van der Waals surface area (Å²) >= 11 is 5.89. The first-order valence-electron chi connectivity index (χ1n) is 6.35. The molecular formula is C12H18ClN3O2S. The molecule has 0 saturated heterocycles. The molecule has 0 atom stereocenters. The number of sulfonamides is 1.